The van der Waals surface area contributed by atoms with Crippen molar-refractivity contribution in [3.8, 4) is 0 Å². The van der Waals surface area contributed by atoms with Gasteiger partial charge in [-0.25, -0.2) is 0 Å². The number of amides is 1. The van der Waals surface area contributed by atoms with Gasteiger partial charge in [-0.15, -0.1) is 0 Å². The maximum atomic E-state index is 13.3. The van der Waals surface area contributed by atoms with Crippen LogP contribution in [0, 0.1) is 0 Å². The lowest BCUT2D eigenvalue weighted by molar-refractivity contribution is -0.116. The van der Waals surface area contributed by atoms with Crippen LogP contribution in [0.5, 0.6) is 0 Å². The number of anilines is 1. The number of hydrogen-bond donors (Lipinski definition) is 1. The monoisotopic (exact) mass is 386 g/mol. The molecule has 0 spiro atoms. The first-order valence-electron chi connectivity index (χ1n) is 10.1. The number of nitrogens with zero attached hydrogens (tertiary/aromatic N) is 1. The normalized spacial score (nSPS) is 14.7. The quantitative estimate of drug-likeness (QED) is 0.687. The smallest absolute Gasteiger partial charge is 0.236 e. The highest BCUT2D eigenvalue weighted by Gasteiger charge is 2.22. The molecule has 0 radical (unpaired) electrons. The highest BCUT2D eigenvalue weighted by molar-refractivity contribution is 5.98. The molecule has 1 heterocycles. The molecule has 0 unspecified atom stereocenters. The number of nitrogens with one attached hydrogen (secondary N) is 1. The van der Waals surface area contributed by atoms with E-state index in [1.807, 2.05) is 72.8 Å². The molecule has 148 valence electrons. The van der Waals surface area contributed by atoms with Gasteiger partial charge in [-0.1, -0.05) is 72.8 Å². The second-order valence-corrected chi connectivity index (χ2v) is 7.33. The number of rotatable bonds is 6. The van der Waals surface area contributed by atoms with Crippen molar-refractivity contribution >= 4 is 11.6 Å². The van der Waals surface area contributed by atoms with Crippen molar-refractivity contribution in [3.63, 3.8) is 0 Å². The van der Waals surface area contributed by atoms with E-state index in [-0.39, 0.29) is 11.8 Å². The molecule has 29 heavy (non-hydrogen) atoms. The SMILES string of the molecule is O=C(Nc1cccc(CN2CCOCC2)c1)C(c1ccccc1)c1ccccc1. The molecule has 0 saturated carbocycles. The molecule has 0 atom stereocenters. The van der Waals surface area contributed by atoms with Gasteiger partial charge < -0.3 is 10.1 Å². The van der Waals surface area contributed by atoms with Crippen molar-refractivity contribution in [2.45, 2.75) is 12.5 Å². The molecule has 3 aromatic carbocycles. The van der Waals surface area contributed by atoms with Crippen LogP contribution in [0.3, 0.4) is 0 Å². The second-order valence-electron chi connectivity index (χ2n) is 7.33. The van der Waals surface area contributed by atoms with E-state index in [0.717, 1.165) is 49.7 Å². The zero-order valence-corrected chi connectivity index (χ0v) is 16.5. The second kappa shape index (κ2) is 9.50. The van der Waals surface area contributed by atoms with Crippen molar-refractivity contribution < 1.29 is 9.53 Å². The summed E-state index contributed by atoms with van der Waals surface area (Å²) in [5, 5.41) is 3.13. The van der Waals surface area contributed by atoms with Gasteiger partial charge in [0.1, 0.15) is 0 Å². The number of hydrogen-bond acceptors (Lipinski definition) is 3. The fourth-order valence-corrected chi connectivity index (χ4v) is 3.77. The molecular weight excluding hydrogens is 360 g/mol. The fraction of sp³-hybridized carbons (Fsp3) is 0.240. The predicted molar refractivity (Wildman–Crippen MR) is 116 cm³/mol. The van der Waals surface area contributed by atoms with Crippen molar-refractivity contribution in [2.75, 3.05) is 31.6 Å². The Kier molecular flexibility index (Phi) is 6.35. The van der Waals surface area contributed by atoms with Crippen LogP contribution in [-0.4, -0.2) is 37.1 Å². The van der Waals surface area contributed by atoms with E-state index in [1.165, 1.54) is 5.56 Å². The van der Waals surface area contributed by atoms with E-state index < -0.39 is 0 Å². The number of carbonyl (C=O) groups is 1. The average Bonchev–Trinajstić information content (AvgIpc) is 2.76. The topological polar surface area (TPSA) is 41.6 Å². The molecule has 4 rings (SSSR count). The van der Waals surface area contributed by atoms with Gasteiger partial charge in [0.25, 0.3) is 0 Å². The van der Waals surface area contributed by atoms with E-state index in [9.17, 15) is 4.79 Å². The summed E-state index contributed by atoms with van der Waals surface area (Å²) in [6, 6.07) is 28.0. The lowest BCUT2D eigenvalue weighted by atomic mass is 9.90. The van der Waals surface area contributed by atoms with Crippen LogP contribution in [0.4, 0.5) is 5.69 Å². The summed E-state index contributed by atoms with van der Waals surface area (Å²) in [4.78, 5) is 15.7. The number of benzene rings is 3. The minimum Gasteiger partial charge on any atom is -0.379 e. The van der Waals surface area contributed by atoms with E-state index in [4.69, 9.17) is 4.74 Å². The third-order valence-electron chi connectivity index (χ3n) is 5.23. The minimum absolute atomic E-state index is 0.0223. The molecule has 1 aliphatic rings. The van der Waals surface area contributed by atoms with Gasteiger partial charge in [-0.2, -0.15) is 0 Å². The zero-order chi connectivity index (χ0) is 19.9. The molecule has 1 amide bonds. The molecule has 0 bridgehead atoms. The van der Waals surface area contributed by atoms with Crippen molar-refractivity contribution in [2.24, 2.45) is 0 Å². The molecule has 1 fully saturated rings. The van der Waals surface area contributed by atoms with Crippen LogP contribution in [0.1, 0.15) is 22.6 Å². The first-order chi connectivity index (χ1) is 14.3. The van der Waals surface area contributed by atoms with Crippen molar-refractivity contribution in [3.05, 3.63) is 102 Å². The number of morpholine rings is 1. The molecule has 0 aliphatic carbocycles. The summed E-state index contributed by atoms with van der Waals surface area (Å²) in [5.41, 5.74) is 4.00. The number of carbonyl (C=O) groups excluding carboxylic acids is 1. The average molecular weight is 386 g/mol. The molecule has 3 aromatic rings. The Hall–Kier alpha value is -2.95. The summed E-state index contributed by atoms with van der Waals surface area (Å²) in [6.45, 7) is 4.33. The van der Waals surface area contributed by atoms with Crippen LogP contribution in [-0.2, 0) is 16.1 Å². The first-order valence-corrected chi connectivity index (χ1v) is 10.1. The molecule has 0 aromatic heterocycles. The van der Waals surface area contributed by atoms with Gasteiger partial charge >= 0.3 is 0 Å². The summed E-state index contributed by atoms with van der Waals surface area (Å²) >= 11 is 0. The predicted octanol–water partition coefficient (Wildman–Crippen LogP) is 4.29. The lowest BCUT2D eigenvalue weighted by Gasteiger charge is -2.26. The van der Waals surface area contributed by atoms with Gasteiger partial charge in [-0.05, 0) is 28.8 Å². The van der Waals surface area contributed by atoms with Crippen LogP contribution < -0.4 is 5.32 Å². The molecule has 4 nitrogen and oxygen atoms in total. The highest BCUT2D eigenvalue weighted by Crippen LogP contribution is 2.26. The lowest BCUT2D eigenvalue weighted by Crippen LogP contribution is -2.35. The molecule has 1 saturated heterocycles. The van der Waals surface area contributed by atoms with E-state index in [2.05, 4.69) is 22.3 Å². The minimum atomic E-state index is -0.347. The molecular formula is C25H26N2O2. The summed E-state index contributed by atoms with van der Waals surface area (Å²) in [7, 11) is 0. The molecule has 4 heteroatoms. The van der Waals surface area contributed by atoms with E-state index in [0.29, 0.717) is 0 Å². The standard InChI is InChI=1S/C25H26N2O2/c28-25(24(21-9-3-1-4-10-21)22-11-5-2-6-12-22)26-23-13-7-8-20(18-23)19-27-14-16-29-17-15-27/h1-13,18,24H,14-17,19H2,(H,26,28). The number of ether oxygens (including phenoxy) is 1. The summed E-state index contributed by atoms with van der Waals surface area (Å²) in [5.74, 6) is -0.369. The Labute approximate surface area is 172 Å². The maximum absolute atomic E-state index is 13.3. The Morgan fingerprint density at radius 1 is 0.862 bits per heavy atom. The van der Waals surface area contributed by atoms with Crippen LogP contribution in [0.2, 0.25) is 0 Å². The van der Waals surface area contributed by atoms with Gasteiger partial charge in [0.15, 0.2) is 0 Å². The Balaban J connectivity index is 1.52. The van der Waals surface area contributed by atoms with Gasteiger partial charge in [0, 0.05) is 25.3 Å². The fourth-order valence-electron chi connectivity index (χ4n) is 3.77. The first kappa shape index (κ1) is 19.4. The van der Waals surface area contributed by atoms with Crippen LogP contribution >= 0.6 is 0 Å². The zero-order valence-electron chi connectivity index (χ0n) is 16.5. The Morgan fingerprint density at radius 2 is 1.48 bits per heavy atom. The summed E-state index contributed by atoms with van der Waals surface area (Å²) < 4.78 is 5.43. The third kappa shape index (κ3) is 5.11. The Morgan fingerprint density at radius 3 is 2.10 bits per heavy atom. The van der Waals surface area contributed by atoms with Crippen LogP contribution in [0.15, 0.2) is 84.9 Å². The van der Waals surface area contributed by atoms with Crippen molar-refractivity contribution in [1.82, 2.24) is 4.90 Å². The van der Waals surface area contributed by atoms with Gasteiger partial charge in [-0.3, -0.25) is 9.69 Å². The highest BCUT2D eigenvalue weighted by atomic mass is 16.5. The summed E-state index contributed by atoms with van der Waals surface area (Å²) in [6.07, 6.45) is 0. The largest absolute Gasteiger partial charge is 0.379 e. The van der Waals surface area contributed by atoms with Gasteiger partial charge in [0.05, 0.1) is 19.1 Å². The van der Waals surface area contributed by atoms with Crippen molar-refractivity contribution in [1.29, 1.82) is 0 Å². The Bertz CT molecular complexity index is 882. The molecule has 1 aliphatic heterocycles. The van der Waals surface area contributed by atoms with Crippen LogP contribution in [0.25, 0.3) is 0 Å². The van der Waals surface area contributed by atoms with E-state index >= 15 is 0 Å². The maximum Gasteiger partial charge on any atom is 0.236 e. The van der Waals surface area contributed by atoms with Gasteiger partial charge in [0.2, 0.25) is 5.91 Å². The van der Waals surface area contributed by atoms with E-state index in [1.54, 1.807) is 0 Å². The third-order valence-corrected chi connectivity index (χ3v) is 5.23. The molecule has 1 N–H and O–H groups in total.